The maximum atomic E-state index is 14.0. The summed E-state index contributed by atoms with van der Waals surface area (Å²) in [6.45, 7) is 3.82. The Balaban J connectivity index is 0.000000227. The Morgan fingerprint density at radius 1 is 0.830 bits per heavy atom. The summed E-state index contributed by atoms with van der Waals surface area (Å²) < 4.78 is 66.3. The van der Waals surface area contributed by atoms with Crippen molar-refractivity contribution in [3.63, 3.8) is 0 Å². The maximum absolute atomic E-state index is 14.0. The fourth-order valence-corrected chi connectivity index (χ4v) is 7.91. The molecule has 3 aromatic heterocycles. The van der Waals surface area contributed by atoms with E-state index in [1.54, 1.807) is 39.5 Å². The van der Waals surface area contributed by atoms with Gasteiger partial charge in [0.05, 0.1) is 24.6 Å². The Kier molecular flexibility index (Phi) is 9.87. The van der Waals surface area contributed by atoms with E-state index in [2.05, 4.69) is 9.72 Å². The van der Waals surface area contributed by atoms with E-state index in [-0.39, 0.29) is 41.2 Å². The summed E-state index contributed by atoms with van der Waals surface area (Å²) >= 11 is 1.23. The first-order valence-electron chi connectivity index (χ1n) is 14.3. The largest absolute Gasteiger partial charge is 0.468 e. The molecule has 0 atom stereocenters. The highest BCUT2D eigenvalue weighted by Gasteiger charge is 2.26. The van der Waals surface area contributed by atoms with E-state index in [0.717, 1.165) is 27.9 Å². The third-order valence-corrected chi connectivity index (χ3v) is 10.5. The molecule has 0 aliphatic heterocycles. The molecular weight excluding hydrogens is 649 g/mol. The van der Waals surface area contributed by atoms with Gasteiger partial charge in [0.15, 0.2) is 5.03 Å². The number of esters is 2. The van der Waals surface area contributed by atoms with Crippen LogP contribution < -0.4 is 0 Å². The van der Waals surface area contributed by atoms with Gasteiger partial charge >= 0.3 is 11.9 Å². The molecule has 6 rings (SSSR count). The monoisotopic (exact) mass is 679 g/mol. The molecule has 0 aliphatic rings. The average molecular weight is 680 g/mol. The molecule has 0 N–H and O–H groups in total. The Hall–Kier alpha value is -4.88. The van der Waals surface area contributed by atoms with Crippen LogP contribution in [-0.2, 0) is 48.4 Å². The Morgan fingerprint density at radius 3 is 2.11 bits per heavy atom. The summed E-state index contributed by atoms with van der Waals surface area (Å²) in [5, 5.41) is 1.41. The lowest BCUT2D eigenvalue weighted by molar-refractivity contribution is -0.142. The van der Waals surface area contributed by atoms with Gasteiger partial charge in [0, 0.05) is 44.5 Å². The molecule has 0 saturated heterocycles. The summed E-state index contributed by atoms with van der Waals surface area (Å²) in [6.07, 6.45) is 0.242. The fraction of sp³-hybridized carbons (Fsp3) is 0.206. The quantitative estimate of drug-likeness (QED) is 0.171. The normalized spacial score (nSPS) is 11.4. The van der Waals surface area contributed by atoms with Gasteiger partial charge in [-0.15, -0.1) is 11.3 Å². The second kappa shape index (κ2) is 13.9. The van der Waals surface area contributed by atoms with Gasteiger partial charge in [0.25, 0.3) is 0 Å². The lowest BCUT2D eigenvalue weighted by Gasteiger charge is -2.08. The van der Waals surface area contributed by atoms with Crippen molar-refractivity contribution in [2.24, 2.45) is 0 Å². The molecule has 9 nitrogen and oxygen atoms in total. The van der Waals surface area contributed by atoms with E-state index >= 15 is 0 Å². The topological polar surface area (TPSA) is 109 Å². The number of hydrogen-bond donors (Lipinski definition) is 0. The van der Waals surface area contributed by atoms with Gasteiger partial charge in [-0.25, -0.2) is 22.2 Å². The molecule has 0 amide bonds. The Labute approximate surface area is 273 Å². The third-order valence-electron chi connectivity index (χ3n) is 7.77. The number of nitrogens with zero attached hydrogens (tertiary/aromatic N) is 3. The number of halogens is 2. The number of aryl methyl sites for hydroxylation is 1. The molecule has 0 saturated carbocycles. The molecule has 0 aliphatic carbocycles. The number of aromatic nitrogens is 3. The van der Waals surface area contributed by atoms with Crippen molar-refractivity contribution in [3.05, 3.63) is 112 Å². The van der Waals surface area contributed by atoms with Gasteiger partial charge in [0.1, 0.15) is 24.7 Å². The number of fused-ring (bicyclic) bond motifs is 2. The minimum atomic E-state index is -3.79. The van der Waals surface area contributed by atoms with E-state index in [1.165, 1.54) is 67.5 Å². The summed E-state index contributed by atoms with van der Waals surface area (Å²) in [6, 6.07) is 18.8. The smallest absolute Gasteiger partial charge is 0.325 e. The molecule has 6 aromatic rings. The van der Waals surface area contributed by atoms with Gasteiger partial charge < -0.3 is 18.6 Å². The summed E-state index contributed by atoms with van der Waals surface area (Å²) in [5.41, 5.74) is 5.40. The minimum Gasteiger partial charge on any atom is -0.468 e. The van der Waals surface area contributed by atoms with Crippen LogP contribution >= 0.6 is 11.3 Å². The van der Waals surface area contributed by atoms with E-state index in [1.807, 2.05) is 19.9 Å². The highest BCUT2D eigenvalue weighted by atomic mass is 32.2. The zero-order valence-corrected chi connectivity index (χ0v) is 27.6. The van der Waals surface area contributed by atoms with Gasteiger partial charge in [-0.1, -0.05) is 18.2 Å². The number of benzene rings is 3. The van der Waals surface area contributed by atoms with Crippen molar-refractivity contribution in [1.82, 2.24) is 14.1 Å². The van der Waals surface area contributed by atoms with E-state index in [4.69, 9.17) is 4.74 Å². The van der Waals surface area contributed by atoms with Crippen LogP contribution in [0.4, 0.5) is 8.78 Å². The van der Waals surface area contributed by atoms with Crippen LogP contribution in [0.15, 0.2) is 88.2 Å². The minimum absolute atomic E-state index is 0.00614. The molecule has 3 aromatic carbocycles. The lowest BCUT2D eigenvalue weighted by atomic mass is 10.1. The molecular formula is C34H31F2N3O6S2. The van der Waals surface area contributed by atoms with Crippen LogP contribution in [0.25, 0.3) is 21.8 Å². The second-order valence-electron chi connectivity index (χ2n) is 10.6. The summed E-state index contributed by atoms with van der Waals surface area (Å²) in [5.74, 6) is -1.43. The predicted molar refractivity (Wildman–Crippen MR) is 174 cm³/mol. The number of ether oxygens (including phenoxy) is 2. The van der Waals surface area contributed by atoms with Crippen molar-refractivity contribution in [1.29, 1.82) is 0 Å². The number of carbonyl (C=O) groups excluding carboxylic acids is 2. The van der Waals surface area contributed by atoms with Gasteiger partial charge in [-0.3, -0.25) is 9.59 Å². The zero-order chi connectivity index (χ0) is 33.9. The van der Waals surface area contributed by atoms with Crippen LogP contribution in [0.2, 0.25) is 0 Å². The molecule has 47 heavy (non-hydrogen) atoms. The number of thiazole rings is 1. The van der Waals surface area contributed by atoms with Crippen LogP contribution in [0, 0.1) is 25.5 Å². The number of sulfone groups is 1. The van der Waals surface area contributed by atoms with Crippen LogP contribution in [0.5, 0.6) is 0 Å². The van der Waals surface area contributed by atoms with E-state index in [0.29, 0.717) is 15.8 Å². The number of hydrogen-bond acceptors (Lipinski definition) is 8. The number of methoxy groups -OCH3 is 2. The first-order valence-corrected chi connectivity index (χ1v) is 16.7. The fourth-order valence-electron chi connectivity index (χ4n) is 5.40. The SMILES string of the molecule is COC(=O)Cn1c(C)c(Cc2scnc2S(=O)(=O)c2ccccc2)c2cc(F)ccc21.COC(=O)Cn1c(C)cc2cc(F)ccc21. The molecule has 0 unspecified atom stereocenters. The molecule has 13 heteroatoms. The highest BCUT2D eigenvalue weighted by Crippen LogP contribution is 2.33. The molecule has 0 spiro atoms. The van der Waals surface area contributed by atoms with Gasteiger partial charge in [0.2, 0.25) is 9.84 Å². The van der Waals surface area contributed by atoms with Crippen molar-refractivity contribution < 1.29 is 36.3 Å². The van der Waals surface area contributed by atoms with E-state index < -0.39 is 21.6 Å². The molecule has 3 heterocycles. The number of rotatable bonds is 8. The Morgan fingerprint density at radius 2 is 1.45 bits per heavy atom. The van der Waals surface area contributed by atoms with Gasteiger partial charge in [-0.2, -0.15) is 0 Å². The molecule has 244 valence electrons. The van der Waals surface area contributed by atoms with E-state index in [9.17, 15) is 26.8 Å². The zero-order valence-electron chi connectivity index (χ0n) is 26.0. The second-order valence-corrected chi connectivity index (χ2v) is 13.4. The number of carbonyl (C=O) groups is 2. The van der Waals surface area contributed by atoms with Crippen LogP contribution in [-0.4, -0.2) is 48.7 Å². The van der Waals surface area contributed by atoms with Crippen molar-refractivity contribution in [2.45, 2.75) is 43.3 Å². The molecule has 0 fully saturated rings. The first-order chi connectivity index (χ1) is 22.4. The first kappa shape index (κ1) is 33.5. The maximum Gasteiger partial charge on any atom is 0.325 e. The third kappa shape index (κ3) is 6.96. The van der Waals surface area contributed by atoms with Crippen molar-refractivity contribution in [3.8, 4) is 0 Å². The summed E-state index contributed by atoms with van der Waals surface area (Å²) in [7, 11) is -1.13. The standard InChI is InChI=1S/C22H19FN2O4S2.C12H12FNO2/c1-14-17(18-10-15(23)8-9-19(18)25(14)12-21(26)29-2)11-20-22(24-13-30-20)31(27,28)16-6-4-3-5-7-16;1-8-5-9-6-10(13)3-4-11(9)14(8)7-12(15)16-2/h3-10,13H,11-12H2,1-2H3;3-6H,7H2,1-2H3. The van der Waals surface area contributed by atoms with Crippen LogP contribution in [0.3, 0.4) is 0 Å². The summed E-state index contributed by atoms with van der Waals surface area (Å²) in [4.78, 5) is 28.0. The molecule has 0 bridgehead atoms. The van der Waals surface area contributed by atoms with Crippen molar-refractivity contribution in [2.75, 3.05) is 14.2 Å². The predicted octanol–water partition coefficient (Wildman–Crippen LogP) is 6.40. The molecule has 0 radical (unpaired) electrons. The lowest BCUT2D eigenvalue weighted by Crippen LogP contribution is -2.12. The van der Waals surface area contributed by atoms with Gasteiger partial charge in [-0.05, 0) is 74.0 Å². The highest BCUT2D eigenvalue weighted by molar-refractivity contribution is 7.91. The Bertz CT molecular complexity index is 2210. The van der Waals surface area contributed by atoms with Crippen molar-refractivity contribution >= 4 is 54.9 Å². The average Bonchev–Trinajstić information content (AvgIpc) is 3.73. The van der Waals surface area contributed by atoms with Crippen LogP contribution in [0.1, 0.15) is 21.8 Å².